The number of anilines is 1. The van der Waals surface area contributed by atoms with Crippen molar-refractivity contribution < 1.29 is 19.4 Å². The molecule has 10 heteroatoms. The molecule has 1 N–H and O–H groups in total. The number of hydrogen-bond acceptors (Lipinski definition) is 7. The van der Waals surface area contributed by atoms with Crippen LogP contribution in [0, 0.1) is 6.92 Å². The molecule has 44 heavy (non-hydrogen) atoms. The van der Waals surface area contributed by atoms with Crippen molar-refractivity contribution in [2.24, 2.45) is 7.05 Å². The number of thiazole rings is 1. The quantitative estimate of drug-likeness (QED) is 0.205. The van der Waals surface area contributed by atoms with Crippen molar-refractivity contribution in [3.8, 4) is 21.7 Å². The first-order chi connectivity index (χ1) is 20.9. The van der Waals surface area contributed by atoms with Gasteiger partial charge < -0.3 is 19.5 Å². The molecule has 0 spiro atoms. The van der Waals surface area contributed by atoms with Crippen molar-refractivity contribution in [1.82, 2.24) is 14.8 Å². The number of nitrogens with zero attached hydrogens (tertiary/aromatic N) is 4. The van der Waals surface area contributed by atoms with E-state index in [0.29, 0.717) is 10.6 Å². The van der Waals surface area contributed by atoms with E-state index >= 15 is 0 Å². The Morgan fingerprint density at radius 1 is 1.09 bits per heavy atom. The lowest BCUT2D eigenvalue weighted by molar-refractivity contribution is -0.160. The highest BCUT2D eigenvalue weighted by Crippen LogP contribution is 2.45. The largest absolute Gasteiger partial charge is 0.479 e. The first-order valence-corrected chi connectivity index (χ1v) is 16.1. The second-order valence-electron chi connectivity index (χ2n) is 12.8. The molecule has 0 aliphatic carbocycles. The molecule has 5 aromatic rings. The van der Waals surface area contributed by atoms with Crippen LogP contribution in [0.5, 0.6) is 0 Å². The molecule has 0 saturated carbocycles. The molecule has 2 saturated heterocycles. The summed E-state index contributed by atoms with van der Waals surface area (Å²) in [5.41, 5.74) is 5.31. The molecule has 228 valence electrons. The zero-order valence-corrected chi connectivity index (χ0v) is 27.0. The fraction of sp³-hybridized carbons (Fsp3) is 0.382. The predicted molar refractivity (Wildman–Crippen MR) is 176 cm³/mol. The number of fused-ring (bicyclic) bond motifs is 4. The van der Waals surface area contributed by atoms with Crippen LogP contribution in [0.4, 0.5) is 5.82 Å². The van der Waals surface area contributed by atoms with Gasteiger partial charge in [0.1, 0.15) is 5.01 Å². The lowest BCUT2D eigenvalue weighted by Gasteiger charge is -2.32. The molecular formula is C34H35ClN4O4S. The van der Waals surface area contributed by atoms with Crippen LogP contribution in [-0.2, 0) is 21.3 Å². The number of carbonyl (C=O) groups is 1. The first kappa shape index (κ1) is 29.2. The third-order valence-electron chi connectivity index (χ3n) is 8.44. The van der Waals surface area contributed by atoms with Crippen molar-refractivity contribution in [2.45, 2.75) is 64.4 Å². The third kappa shape index (κ3) is 5.26. The number of aliphatic carboxylic acids is 1. The number of morpholine rings is 1. The summed E-state index contributed by atoms with van der Waals surface area (Å²) in [5.74, 6) is -0.0530. The summed E-state index contributed by atoms with van der Waals surface area (Å²) in [6, 6.07) is 15.9. The number of carboxylic acids is 1. The lowest BCUT2D eigenvalue weighted by Crippen LogP contribution is -2.43. The zero-order chi connectivity index (χ0) is 30.9. The molecular weight excluding hydrogens is 596 g/mol. The molecule has 2 bridgehead atoms. The summed E-state index contributed by atoms with van der Waals surface area (Å²) >= 11 is 7.82. The smallest absolute Gasteiger partial charge is 0.337 e. The Morgan fingerprint density at radius 2 is 1.77 bits per heavy atom. The maximum atomic E-state index is 12.7. The Labute approximate surface area is 265 Å². The maximum Gasteiger partial charge on any atom is 0.337 e. The van der Waals surface area contributed by atoms with Crippen LogP contribution >= 0.6 is 22.9 Å². The fourth-order valence-electron chi connectivity index (χ4n) is 6.56. The van der Waals surface area contributed by atoms with E-state index in [2.05, 4.69) is 23.1 Å². The number of benzene rings is 3. The van der Waals surface area contributed by atoms with E-state index in [0.717, 1.165) is 80.1 Å². The van der Waals surface area contributed by atoms with E-state index in [1.165, 1.54) is 0 Å². The molecule has 8 nitrogen and oxygen atoms in total. The molecule has 0 radical (unpaired) electrons. The van der Waals surface area contributed by atoms with Gasteiger partial charge in [-0.15, -0.1) is 11.3 Å². The Bertz CT molecular complexity index is 1900. The van der Waals surface area contributed by atoms with E-state index in [1.54, 1.807) is 11.3 Å². The van der Waals surface area contributed by atoms with E-state index in [9.17, 15) is 9.90 Å². The van der Waals surface area contributed by atoms with Crippen LogP contribution < -0.4 is 4.90 Å². The van der Waals surface area contributed by atoms with Gasteiger partial charge in [-0.1, -0.05) is 23.7 Å². The monoisotopic (exact) mass is 630 g/mol. The highest BCUT2D eigenvalue weighted by atomic mass is 35.5. The number of carboxylic acid groups (broad SMARTS) is 1. The van der Waals surface area contributed by atoms with Crippen molar-refractivity contribution in [1.29, 1.82) is 0 Å². The summed E-state index contributed by atoms with van der Waals surface area (Å²) in [4.78, 5) is 20.2. The SMILES string of the molecule is Cc1cc2nc(-c3ccc4c(c3)c(N3CC5CCC(C3)O5)nn4C)sc2c(-c2ccc(Cl)cc2)c1C(OC(C)(C)C)C(=O)O. The average Bonchev–Trinajstić information content (AvgIpc) is 3.65. The van der Waals surface area contributed by atoms with Gasteiger partial charge in [0, 0.05) is 47.2 Å². The highest BCUT2D eigenvalue weighted by Gasteiger charge is 2.36. The molecule has 2 aliphatic rings. The van der Waals surface area contributed by atoms with Crippen LogP contribution in [-0.4, -0.2) is 56.7 Å². The number of aryl methyl sites for hydroxylation is 2. The molecule has 3 atom stereocenters. The van der Waals surface area contributed by atoms with Gasteiger partial charge >= 0.3 is 5.97 Å². The molecule has 2 fully saturated rings. The summed E-state index contributed by atoms with van der Waals surface area (Å²) in [7, 11) is 1.99. The Morgan fingerprint density at radius 3 is 2.43 bits per heavy atom. The Hall–Kier alpha value is -3.50. The zero-order valence-electron chi connectivity index (χ0n) is 25.4. The molecule has 0 amide bonds. The standard InChI is InChI=1S/C34H35ClN4O4S/c1-18-14-25-30(28(19-6-9-21(35)10-7-19)27(18)29(33(40)41)43-34(2,3)4)44-32(36-25)20-8-13-26-24(15-20)31(37-38(26)5)39-16-22-11-12-23(17-39)42-22/h6-10,13-15,22-23,29H,11-12,16-17H2,1-5H3,(H,40,41). The van der Waals surface area contributed by atoms with Crippen molar-refractivity contribution >= 4 is 55.8 Å². The van der Waals surface area contributed by atoms with Gasteiger partial charge in [0.15, 0.2) is 11.9 Å². The van der Waals surface area contributed by atoms with E-state index < -0.39 is 17.7 Å². The second kappa shape index (κ2) is 10.8. The van der Waals surface area contributed by atoms with Crippen molar-refractivity contribution in [2.75, 3.05) is 18.0 Å². The van der Waals surface area contributed by atoms with E-state index in [-0.39, 0.29) is 12.2 Å². The summed E-state index contributed by atoms with van der Waals surface area (Å²) in [6.07, 6.45) is 1.57. The topological polar surface area (TPSA) is 89.7 Å². The minimum atomic E-state index is -1.16. The molecule has 3 aromatic carbocycles. The predicted octanol–water partition coefficient (Wildman–Crippen LogP) is 7.79. The fourth-order valence-corrected chi connectivity index (χ4v) is 7.81. The van der Waals surface area contributed by atoms with Gasteiger partial charge in [-0.2, -0.15) is 5.10 Å². The van der Waals surface area contributed by atoms with Gasteiger partial charge in [0.25, 0.3) is 0 Å². The molecule has 2 aromatic heterocycles. The van der Waals surface area contributed by atoms with Crippen molar-refractivity contribution in [3.05, 3.63) is 64.7 Å². The third-order valence-corrected chi connectivity index (χ3v) is 9.83. The first-order valence-electron chi connectivity index (χ1n) is 14.9. The van der Waals surface area contributed by atoms with Crippen LogP contribution in [0.1, 0.15) is 50.8 Å². The van der Waals surface area contributed by atoms with Crippen LogP contribution in [0.25, 0.3) is 42.8 Å². The van der Waals surface area contributed by atoms with Gasteiger partial charge in [0.2, 0.25) is 0 Å². The Balaban J connectivity index is 1.39. The van der Waals surface area contributed by atoms with E-state index in [4.69, 9.17) is 31.2 Å². The molecule has 4 heterocycles. The maximum absolute atomic E-state index is 12.7. The van der Waals surface area contributed by atoms with Crippen LogP contribution in [0.2, 0.25) is 5.02 Å². The van der Waals surface area contributed by atoms with Gasteiger partial charge in [0.05, 0.1) is 33.5 Å². The van der Waals surface area contributed by atoms with Gasteiger partial charge in [-0.3, -0.25) is 4.68 Å². The summed E-state index contributed by atoms with van der Waals surface area (Å²) < 4.78 is 15.1. The number of ether oxygens (including phenoxy) is 2. The summed E-state index contributed by atoms with van der Waals surface area (Å²) in [5, 5.41) is 17.9. The Kier molecular flexibility index (Phi) is 7.20. The molecule has 7 rings (SSSR count). The normalized spacial score (nSPS) is 19.3. The molecule has 2 aliphatic heterocycles. The van der Waals surface area contributed by atoms with Crippen LogP contribution in [0.15, 0.2) is 48.5 Å². The summed E-state index contributed by atoms with van der Waals surface area (Å²) in [6.45, 7) is 9.23. The minimum absolute atomic E-state index is 0.263. The second-order valence-corrected chi connectivity index (χ2v) is 14.3. The number of rotatable bonds is 6. The number of halogens is 1. The molecule has 3 unspecified atom stereocenters. The number of hydrogen-bond donors (Lipinski definition) is 1. The van der Waals surface area contributed by atoms with Crippen LogP contribution in [0.3, 0.4) is 0 Å². The minimum Gasteiger partial charge on any atom is -0.479 e. The average molecular weight is 631 g/mol. The van der Waals surface area contributed by atoms with Gasteiger partial charge in [-0.25, -0.2) is 9.78 Å². The lowest BCUT2D eigenvalue weighted by atomic mass is 9.91. The highest BCUT2D eigenvalue weighted by molar-refractivity contribution is 7.22. The van der Waals surface area contributed by atoms with E-state index in [1.807, 2.05) is 69.8 Å². The van der Waals surface area contributed by atoms with Gasteiger partial charge in [-0.05, 0) is 88.1 Å². The number of aromatic nitrogens is 3. The van der Waals surface area contributed by atoms with Crippen molar-refractivity contribution in [3.63, 3.8) is 0 Å².